The Morgan fingerprint density at radius 1 is 0.971 bits per heavy atom. The van der Waals surface area contributed by atoms with Gasteiger partial charge in [0.1, 0.15) is 5.69 Å². The molecule has 0 spiro atoms. The highest BCUT2D eigenvalue weighted by molar-refractivity contribution is 7.91. The highest BCUT2D eigenvalue weighted by Crippen LogP contribution is 2.27. The number of aromatic nitrogens is 2. The second-order valence-electron chi connectivity index (χ2n) is 8.52. The molecule has 2 aromatic carbocycles. The molecule has 0 aliphatic carbocycles. The quantitative estimate of drug-likeness (QED) is 0.434. The van der Waals surface area contributed by atoms with Gasteiger partial charge >= 0.3 is 0 Å². The topological polar surface area (TPSA) is 95.2 Å². The lowest BCUT2D eigenvalue weighted by molar-refractivity contribution is 0.0946. The summed E-state index contributed by atoms with van der Waals surface area (Å²) in [6.45, 7) is 2.20. The van der Waals surface area contributed by atoms with Crippen molar-refractivity contribution in [1.29, 1.82) is 0 Å². The van der Waals surface area contributed by atoms with Crippen molar-refractivity contribution in [3.05, 3.63) is 84.3 Å². The van der Waals surface area contributed by atoms with Crippen LogP contribution in [0, 0.1) is 0 Å². The smallest absolute Gasteiger partial charge is 0.267 e. The lowest BCUT2D eigenvalue weighted by Crippen LogP contribution is -2.29. The lowest BCUT2D eigenvalue weighted by atomic mass is 10.1. The zero-order valence-electron chi connectivity index (χ0n) is 18.7. The summed E-state index contributed by atoms with van der Waals surface area (Å²) in [7, 11) is -3.63. The zero-order chi connectivity index (χ0) is 23.5. The van der Waals surface area contributed by atoms with Gasteiger partial charge in [0.15, 0.2) is 0 Å². The summed E-state index contributed by atoms with van der Waals surface area (Å²) in [5.41, 5.74) is 3.06. The molecular formula is C26H26N4O3S. The number of nitrogens with one attached hydrogen (secondary N) is 2. The fraction of sp³-hybridized carbons (Fsp3) is 0.231. The number of carbonyl (C=O) groups is 1. The SMILES string of the molecule is O=C(NCc1ccc(S(=O)(=O)c2cccc(N3CCCCC3)c2)cc1)c1cc2cnccc2[nH]1. The third-order valence-electron chi connectivity index (χ3n) is 6.20. The average molecular weight is 475 g/mol. The van der Waals surface area contributed by atoms with E-state index in [1.165, 1.54) is 6.42 Å². The van der Waals surface area contributed by atoms with Crippen molar-refractivity contribution in [2.24, 2.45) is 0 Å². The van der Waals surface area contributed by atoms with E-state index >= 15 is 0 Å². The van der Waals surface area contributed by atoms with Crippen molar-refractivity contribution >= 4 is 32.3 Å². The van der Waals surface area contributed by atoms with Crippen molar-refractivity contribution in [2.75, 3.05) is 18.0 Å². The number of sulfone groups is 1. The summed E-state index contributed by atoms with van der Waals surface area (Å²) in [4.78, 5) is 22.4. The van der Waals surface area contributed by atoms with Crippen LogP contribution in [0.1, 0.15) is 35.3 Å². The number of fused-ring (bicyclic) bond motifs is 1. The molecule has 0 saturated carbocycles. The fourth-order valence-electron chi connectivity index (χ4n) is 4.29. The van der Waals surface area contributed by atoms with Gasteiger partial charge in [0.2, 0.25) is 9.84 Å². The van der Waals surface area contributed by atoms with Gasteiger partial charge in [-0.05, 0) is 67.3 Å². The molecule has 0 radical (unpaired) electrons. The third kappa shape index (κ3) is 4.54. The van der Waals surface area contributed by atoms with Crippen LogP contribution in [0.4, 0.5) is 5.69 Å². The standard InChI is InChI=1S/C26H26N4O3S/c31-26(25-15-20-18-27-12-11-24(20)29-25)28-17-19-7-9-22(10-8-19)34(32,33)23-6-4-5-21(16-23)30-13-2-1-3-14-30/h4-12,15-16,18,29H,1-3,13-14,17H2,(H,28,31). The minimum absolute atomic E-state index is 0.234. The van der Waals surface area contributed by atoms with Crippen molar-refractivity contribution in [3.8, 4) is 0 Å². The number of anilines is 1. The third-order valence-corrected chi connectivity index (χ3v) is 7.97. The van der Waals surface area contributed by atoms with E-state index in [0.29, 0.717) is 10.6 Å². The Morgan fingerprint density at radius 2 is 1.76 bits per heavy atom. The second kappa shape index (κ2) is 9.30. The zero-order valence-corrected chi connectivity index (χ0v) is 19.5. The van der Waals surface area contributed by atoms with Crippen LogP contribution in [-0.2, 0) is 16.4 Å². The minimum Gasteiger partial charge on any atom is -0.372 e. The molecule has 4 aromatic rings. The van der Waals surface area contributed by atoms with Gasteiger partial charge in [-0.3, -0.25) is 9.78 Å². The molecule has 0 bridgehead atoms. The first kappa shape index (κ1) is 22.2. The number of piperidine rings is 1. The van der Waals surface area contributed by atoms with E-state index in [1.807, 2.05) is 12.1 Å². The number of rotatable bonds is 6. The van der Waals surface area contributed by atoms with Crippen molar-refractivity contribution in [2.45, 2.75) is 35.6 Å². The molecule has 7 nitrogen and oxygen atoms in total. The number of pyridine rings is 1. The number of benzene rings is 2. The average Bonchev–Trinajstić information content (AvgIpc) is 3.33. The summed E-state index contributed by atoms with van der Waals surface area (Å²) < 4.78 is 26.4. The molecule has 1 aliphatic heterocycles. The van der Waals surface area contributed by atoms with Gasteiger partial charge in [0.05, 0.1) is 9.79 Å². The molecule has 1 amide bonds. The van der Waals surface area contributed by atoms with E-state index in [4.69, 9.17) is 0 Å². The monoisotopic (exact) mass is 474 g/mol. The number of carbonyl (C=O) groups excluding carboxylic acids is 1. The van der Waals surface area contributed by atoms with E-state index < -0.39 is 9.84 Å². The van der Waals surface area contributed by atoms with Crippen LogP contribution in [-0.4, -0.2) is 37.4 Å². The lowest BCUT2D eigenvalue weighted by Gasteiger charge is -2.29. The van der Waals surface area contributed by atoms with E-state index in [-0.39, 0.29) is 17.3 Å². The molecule has 3 heterocycles. The Bertz CT molecular complexity index is 1390. The van der Waals surface area contributed by atoms with Gasteiger partial charge in [0.25, 0.3) is 5.91 Å². The van der Waals surface area contributed by atoms with E-state index in [0.717, 1.165) is 48.1 Å². The van der Waals surface area contributed by atoms with Crippen LogP contribution in [0.3, 0.4) is 0 Å². The Labute approximate surface area is 198 Å². The predicted molar refractivity (Wildman–Crippen MR) is 132 cm³/mol. The number of amides is 1. The molecule has 8 heteroatoms. The molecular weight excluding hydrogens is 448 g/mol. The number of H-pyrrole nitrogens is 1. The molecule has 174 valence electrons. The molecule has 0 unspecified atom stereocenters. The normalized spacial score (nSPS) is 14.3. The number of hydrogen-bond donors (Lipinski definition) is 2. The summed E-state index contributed by atoms with van der Waals surface area (Å²) in [5, 5.41) is 3.73. The van der Waals surface area contributed by atoms with Crippen LogP contribution in [0.2, 0.25) is 0 Å². The second-order valence-corrected chi connectivity index (χ2v) is 10.5. The Hall–Kier alpha value is -3.65. The summed E-state index contributed by atoms with van der Waals surface area (Å²) in [6.07, 6.45) is 6.85. The first-order chi connectivity index (χ1) is 16.5. The maximum atomic E-state index is 13.2. The van der Waals surface area contributed by atoms with E-state index in [1.54, 1.807) is 60.9 Å². The van der Waals surface area contributed by atoms with Gasteiger partial charge in [0, 0.05) is 48.6 Å². The molecule has 5 rings (SSSR count). The highest BCUT2D eigenvalue weighted by atomic mass is 32.2. The largest absolute Gasteiger partial charge is 0.372 e. The number of nitrogens with zero attached hydrogens (tertiary/aromatic N) is 2. The van der Waals surface area contributed by atoms with Gasteiger partial charge in [-0.25, -0.2) is 8.42 Å². The van der Waals surface area contributed by atoms with E-state index in [2.05, 4.69) is 20.2 Å². The summed E-state index contributed by atoms with van der Waals surface area (Å²) in [5.74, 6) is -0.234. The number of aromatic amines is 1. The van der Waals surface area contributed by atoms with Gasteiger partial charge in [-0.1, -0.05) is 18.2 Å². The fourth-order valence-corrected chi connectivity index (χ4v) is 5.59. The Morgan fingerprint density at radius 3 is 2.53 bits per heavy atom. The summed E-state index contributed by atoms with van der Waals surface area (Å²) in [6, 6.07) is 17.4. The van der Waals surface area contributed by atoms with Crippen LogP contribution in [0.5, 0.6) is 0 Å². The van der Waals surface area contributed by atoms with Crippen LogP contribution < -0.4 is 10.2 Å². The maximum absolute atomic E-state index is 13.2. The minimum atomic E-state index is -3.63. The predicted octanol–water partition coefficient (Wildman–Crippen LogP) is 4.32. The van der Waals surface area contributed by atoms with Gasteiger partial charge in [-0.2, -0.15) is 0 Å². The molecule has 1 fully saturated rings. The molecule has 1 saturated heterocycles. The molecule has 2 N–H and O–H groups in total. The number of hydrogen-bond acceptors (Lipinski definition) is 5. The molecule has 0 atom stereocenters. The molecule has 2 aromatic heterocycles. The van der Waals surface area contributed by atoms with Crippen molar-refractivity contribution in [1.82, 2.24) is 15.3 Å². The maximum Gasteiger partial charge on any atom is 0.267 e. The van der Waals surface area contributed by atoms with Gasteiger partial charge < -0.3 is 15.2 Å². The molecule has 34 heavy (non-hydrogen) atoms. The highest BCUT2D eigenvalue weighted by Gasteiger charge is 2.20. The first-order valence-electron chi connectivity index (χ1n) is 11.4. The Kier molecular flexibility index (Phi) is 6.06. The van der Waals surface area contributed by atoms with Crippen molar-refractivity contribution in [3.63, 3.8) is 0 Å². The van der Waals surface area contributed by atoms with Crippen LogP contribution in [0.15, 0.2) is 82.8 Å². The Balaban J connectivity index is 1.27. The van der Waals surface area contributed by atoms with Crippen LogP contribution >= 0.6 is 0 Å². The van der Waals surface area contributed by atoms with Crippen molar-refractivity contribution < 1.29 is 13.2 Å². The summed E-state index contributed by atoms with van der Waals surface area (Å²) >= 11 is 0. The first-order valence-corrected chi connectivity index (χ1v) is 12.9. The van der Waals surface area contributed by atoms with Gasteiger partial charge in [-0.15, -0.1) is 0 Å². The molecule has 1 aliphatic rings. The van der Waals surface area contributed by atoms with Crippen LogP contribution in [0.25, 0.3) is 10.9 Å². The van der Waals surface area contributed by atoms with E-state index in [9.17, 15) is 13.2 Å².